The predicted octanol–water partition coefficient (Wildman–Crippen LogP) is 4.01. The first-order chi connectivity index (χ1) is 12.1. The lowest BCUT2D eigenvalue weighted by Crippen LogP contribution is -2.13. The number of aliphatic hydroxyl groups excluding tert-OH is 1. The molecule has 0 radical (unpaired) electrons. The number of ether oxygens (including phenoxy) is 1. The Kier molecular flexibility index (Phi) is 4.86. The smallest absolute Gasteiger partial charge is 0.259 e. The van der Waals surface area contributed by atoms with Crippen molar-refractivity contribution in [2.45, 2.75) is 13.5 Å². The first-order valence-corrected chi connectivity index (χ1v) is 7.87. The molecule has 1 heterocycles. The number of rotatable bonds is 5. The Morgan fingerprint density at radius 3 is 2.68 bits per heavy atom. The van der Waals surface area contributed by atoms with E-state index in [2.05, 4.69) is 5.32 Å². The van der Waals surface area contributed by atoms with Crippen LogP contribution in [-0.4, -0.2) is 18.1 Å². The summed E-state index contributed by atoms with van der Waals surface area (Å²) in [6.45, 7) is 1.75. The molecule has 0 saturated carbocycles. The lowest BCUT2D eigenvalue weighted by molar-refractivity contribution is 0.102. The molecule has 0 fully saturated rings. The van der Waals surface area contributed by atoms with Crippen molar-refractivity contribution in [1.82, 2.24) is 0 Å². The van der Waals surface area contributed by atoms with Crippen molar-refractivity contribution in [1.29, 1.82) is 0 Å². The van der Waals surface area contributed by atoms with Crippen LogP contribution in [0.1, 0.15) is 21.7 Å². The standard InChI is InChI=1S/C20H19NO4/c1-13-5-3-8-17(19(13)24-2)20(23)21-15-7-4-6-14(11-15)18-10-9-16(12-22)25-18/h3-11,22H,12H2,1-2H3,(H,21,23). The molecule has 5 nitrogen and oxygen atoms in total. The summed E-state index contributed by atoms with van der Waals surface area (Å²) in [4.78, 5) is 12.6. The normalized spacial score (nSPS) is 10.5. The molecule has 2 N–H and O–H groups in total. The summed E-state index contributed by atoms with van der Waals surface area (Å²) in [5.74, 6) is 1.45. The number of amides is 1. The molecule has 25 heavy (non-hydrogen) atoms. The van der Waals surface area contributed by atoms with Gasteiger partial charge in [-0.2, -0.15) is 0 Å². The fourth-order valence-electron chi connectivity index (χ4n) is 2.67. The van der Waals surface area contributed by atoms with Gasteiger partial charge < -0.3 is 19.6 Å². The van der Waals surface area contributed by atoms with E-state index in [1.807, 2.05) is 37.3 Å². The third-order valence-corrected chi connectivity index (χ3v) is 3.88. The minimum atomic E-state index is -0.242. The molecule has 2 aromatic carbocycles. The summed E-state index contributed by atoms with van der Waals surface area (Å²) in [5.41, 5.74) is 2.84. The van der Waals surface area contributed by atoms with Crippen LogP contribution < -0.4 is 10.1 Å². The molecule has 0 aliphatic rings. The first-order valence-electron chi connectivity index (χ1n) is 7.87. The Morgan fingerprint density at radius 2 is 1.96 bits per heavy atom. The van der Waals surface area contributed by atoms with E-state index in [4.69, 9.17) is 14.3 Å². The third-order valence-electron chi connectivity index (χ3n) is 3.88. The van der Waals surface area contributed by atoms with Gasteiger partial charge in [-0.25, -0.2) is 0 Å². The first kappa shape index (κ1) is 16.8. The number of aryl methyl sites for hydroxylation is 1. The number of hydrogen-bond donors (Lipinski definition) is 2. The largest absolute Gasteiger partial charge is 0.496 e. The zero-order valence-electron chi connectivity index (χ0n) is 14.1. The molecule has 0 aliphatic carbocycles. The maximum Gasteiger partial charge on any atom is 0.259 e. The van der Waals surface area contributed by atoms with Crippen molar-refractivity contribution in [3.8, 4) is 17.1 Å². The van der Waals surface area contributed by atoms with Crippen LogP contribution in [0, 0.1) is 6.92 Å². The number of nitrogens with one attached hydrogen (secondary N) is 1. The van der Waals surface area contributed by atoms with Crippen LogP contribution in [-0.2, 0) is 6.61 Å². The number of benzene rings is 2. The predicted molar refractivity (Wildman–Crippen MR) is 95.8 cm³/mol. The van der Waals surface area contributed by atoms with Crippen LogP contribution in [0.25, 0.3) is 11.3 Å². The Balaban J connectivity index is 1.85. The van der Waals surface area contributed by atoms with Crippen molar-refractivity contribution < 1.29 is 19.1 Å². The highest BCUT2D eigenvalue weighted by atomic mass is 16.5. The van der Waals surface area contributed by atoms with Crippen molar-refractivity contribution in [3.05, 3.63) is 71.5 Å². The molecular weight excluding hydrogens is 318 g/mol. The molecule has 0 spiro atoms. The van der Waals surface area contributed by atoms with E-state index in [-0.39, 0.29) is 12.5 Å². The van der Waals surface area contributed by atoms with Crippen LogP contribution >= 0.6 is 0 Å². The average Bonchev–Trinajstić information content (AvgIpc) is 3.11. The highest BCUT2D eigenvalue weighted by molar-refractivity contribution is 6.06. The Labute approximate surface area is 145 Å². The van der Waals surface area contributed by atoms with E-state index in [1.165, 1.54) is 0 Å². The molecule has 3 aromatic rings. The van der Waals surface area contributed by atoms with Crippen molar-refractivity contribution >= 4 is 11.6 Å². The van der Waals surface area contributed by atoms with E-state index >= 15 is 0 Å². The number of carbonyl (C=O) groups excluding carboxylic acids is 1. The topological polar surface area (TPSA) is 71.7 Å². The summed E-state index contributed by atoms with van der Waals surface area (Å²) < 4.78 is 10.9. The van der Waals surface area contributed by atoms with E-state index in [0.29, 0.717) is 28.5 Å². The second kappa shape index (κ2) is 7.23. The number of carbonyl (C=O) groups is 1. The summed E-state index contributed by atoms with van der Waals surface area (Å²) in [6, 6.07) is 16.3. The molecule has 1 amide bonds. The Hall–Kier alpha value is -3.05. The zero-order chi connectivity index (χ0) is 17.8. The van der Waals surface area contributed by atoms with Crippen molar-refractivity contribution in [3.63, 3.8) is 0 Å². The van der Waals surface area contributed by atoms with Crippen LogP contribution in [0.5, 0.6) is 5.75 Å². The highest BCUT2D eigenvalue weighted by Gasteiger charge is 2.14. The second-order valence-electron chi connectivity index (χ2n) is 5.61. The van der Waals surface area contributed by atoms with Gasteiger partial charge in [0.2, 0.25) is 0 Å². The van der Waals surface area contributed by atoms with Gasteiger partial charge in [-0.1, -0.05) is 24.3 Å². The summed E-state index contributed by atoms with van der Waals surface area (Å²) in [6.07, 6.45) is 0. The summed E-state index contributed by atoms with van der Waals surface area (Å²) in [5, 5.41) is 12.0. The van der Waals surface area contributed by atoms with E-state index in [1.54, 1.807) is 31.4 Å². The summed E-state index contributed by atoms with van der Waals surface area (Å²) in [7, 11) is 1.55. The second-order valence-corrected chi connectivity index (χ2v) is 5.61. The van der Waals surface area contributed by atoms with Gasteiger partial charge in [0.15, 0.2) is 0 Å². The van der Waals surface area contributed by atoms with E-state index in [9.17, 15) is 4.79 Å². The number of para-hydroxylation sites is 1. The molecule has 0 unspecified atom stereocenters. The fraction of sp³-hybridized carbons (Fsp3) is 0.150. The molecule has 0 saturated heterocycles. The molecule has 128 valence electrons. The number of hydrogen-bond acceptors (Lipinski definition) is 4. The fourth-order valence-corrected chi connectivity index (χ4v) is 2.67. The van der Waals surface area contributed by atoms with Gasteiger partial charge in [0, 0.05) is 11.3 Å². The van der Waals surface area contributed by atoms with Gasteiger partial charge in [0.1, 0.15) is 23.9 Å². The van der Waals surface area contributed by atoms with E-state index in [0.717, 1.165) is 11.1 Å². The molecule has 3 rings (SSSR count). The van der Waals surface area contributed by atoms with Crippen LogP contribution in [0.2, 0.25) is 0 Å². The number of aliphatic hydroxyl groups is 1. The van der Waals surface area contributed by atoms with Gasteiger partial charge >= 0.3 is 0 Å². The van der Waals surface area contributed by atoms with Crippen molar-refractivity contribution in [2.24, 2.45) is 0 Å². The number of anilines is 1. The van der Waals surface area contributed by atoms with Gasteiger partial charge in [-0.15, -0.1) is 0 Å². The van der Waals surface area contributed by atoms with Gasteiger partial charge in [0.25, 0.3) is 5.91 Å². The minimum absolute atomic E-state index is 0.149. The zero-order valence-corrected chi connectivity index (χ0v) is 14.1. The monoisotopic (exact) mass is 337 g/mol. The van der Waals surface area contributed by atoms with Crippen LogP contribution in [0.4, 0.5) is 5.69 Å². The SMILES string of the molecule is COc1c(C)cccc1C(=O)Nc1cccc(-c2ccc(CO)o2)c1. The Morgan fingerprint density at radius 1 is 1.16 bits per heavy atom. The van der Waals surface area contributed by atoms with Crippen molar-refractivity contribution in [2.75, 3.05) is 12.4 Å². The third kappa shape index (κ3) is 3.56. The molecule has 0 atom stereocenters. The summed E-state index contributed by atoms with van der Waals surface area (Å²) >= 11 is 0. The van der Waals surface area contributed by atoms with Crippen LogP contribution in [0.3, 0.4) is 0 Å². The molecule has 0 aliphatic heterocycles. The van der Waals surface area contributed by atoms with Gasteiger partial charge in [0.05, 0.1) is 12.7 Å². The average molecular weight is 337 g/mol. The lowest BCUT2D eigenvalue weighted by atomic mass is 10.1. The molecule has 0 bridgehead atoms. The Bertz CT molecular complexity index is 898. The van der Waals surface area contributed by atoms with E-state index < -0.39 is 0 Å². The van der Waals surface area contributed by atoms with Crippen LogP contribution in [0.15, 0.2) is 59.0 Å². The van der Waals surface area contributed by atoms with Gasteiger partial charge in [-0.3, -0.25) is 4.79 Å². The lowest BCUT2D eigenvalue weighted by Gasteiger charge is -2.12. The van der Waals surface area contributed by atoms with Gasteiger partial charge in [-0.05, 0) is 42.8 Å². The minimum Gasteiger partial charge on any atom is -0.496 e. The maximum atomic E-state index is 12.6. The molecule has 1 aromatic heterocycles. The molecule has 5 heteroatoms. The molecular formula is C20H19NO4. The quantitative estimate of drug-likeness (QED) is 0.738. The highest BCUT2D eigenvalue weighted by Crippen LogP contribution is 2.27. The maximum absolute atomic E-state index is 12.6. The number of furan rings is 1. The number of methoxy groups -OCH3 is 1.